The minimum absolute atomic E-state index is 0.724. The lowest BCUT2D eigenvalue weighted by Gasteiger charge is -2.09. The number of aryl methyl sites for hydroxylation is 1. The van der Waals surface area contributed by atoms with Crippen LogP contribution in [0.1, 0.15) is 5.56 Å². The molecule has 0 saturated carbocycles. The summed E-state index contributed by atoms with van der Waals surface area (Å²) in [4.78, 5) is 8.54. The van der Waals surface area contributed by atoms with E-state index in [1.165, 1.54) is 0 Å². The lowest BCUT2D eigenvalue weighted by Crippen LogP contribution is -1.91. The van der Waals surface area contributed by atoms with Gasteiger partial charge in [-0.25, -0.2) is 4.98 Å². The van der Waals surface area contributed by atoms with Crippen molar-refractivity contribution in [2.45, 2.75) is 6.92 Å². The van der Waals surface area contributed by atoms with Crippen molar-refractivity contribution in [2.75, 3.05) is 0 Å². The quantitative estimate of drug-likeness (QED) is 0.559. The number of aromatic nitrogens is 4. The fraction of sp³-hybridized carbons (Fsp3) is 0.0714. The van der Waals surface area contributed by atoms with E-state index in [2.05, 4.69) is 42.8 Å². The van der Waals surface area contributed by atoms with Gasteiger partial charge in [0.25, 0.3) is 0 Å². The number of aromatic amines is 1. The molecule has 3 rings (SSSR count). The normalized spacial score (nSPS) is 10.5. The van der Waals surface area contributed by atoms with Gasteiger partial charge in [-0.3, -0.25) is 10.1 Å². The van der Waals surface area contributed by atoms with Crippen molar-refractivity contribution in [3.63, 3.8) is 0 Å². The number of H-pyrrole nitrogens is 1. The predicted octanol–water partition coefficient (Wildman–Crippen LogP) is 3.57. The summed E-state index contributed by atoms with van der Waals surface area (Å²) in [5.74, 6) is 1.47. The maximum Gasteiger partial charge on any atom is 0.148 e. The summed E-state index contributed by atoms with van der Waals surface area (Å²) < 4.78 is 6.81. The number of pyridine rings is 2. The van der Waals surface area contributed by atoms with Crippen molar-refractivity contribution in [1.82, 2.24) is 20.2 Å². The second-order valence-electron chi connectivity index (χ2n) is 4.24. The maximum absolute atomic E-state index is 5.87. The van der Waals surface area contributed by atoms with Crippen LogP contribution < -0.4 is 4.74 Å². The van der Waals surface area contributed by atoms with Crippen LogP contribution in [0, 0.1) is 10.6 Å². The molecule has 0 saturated heterocycles. The van der Waals surface area contributed by atoms with Gasteiger partial charge in [0.05, 0.1) is 18.1 Å². The summed E-state index contributed by atoms with van der Waals surface area (Å²) in [5, 5.41) is 6.69. The zero-order valence-corrected chi connectivity index (χ0v) is 12.8. The number of halogens is 1. The van der Waals surface area contributed by atoms with E-state index in [0.29, 0.717) is 0 Å². The number of hydrogen-bond acceptors (Lipinski definition) is 4. The third-order valence-electron chi connectivity index (χ3n) is 2.78. The summed E-state index contributed by atoms with van der Waals surface area (Å²) in [6.45, 7) is 2.00. The second kappa shape index (κ2) is 5.58. The Morgan fingerprint density at radius 2 is 2.10 bits per heavy atom. The number of nitrogens with one attached hydrogen (secondary N) is 1. The molecule has 6 heteroatoms. The summed E-state index contributed by atoms with van der Waals surface area (Å²) >= 11 is 2.18. The van der Waals surface area contributed by atoms with Gasteiger partial charge in [0, 0.05) is 24.0 Å². The molecule has 0 fully saturated rings. The van der Waals surface area contributed by atoms with Crippen LogP contribution >= 0.6 is 22.6 Å². The molecular weight excluding hydrogens is 367 g/mol. The first-order valence-electron chi connectivity index (χ1n) is 5.97. The van der Waals surface area contributed by atoms with Crippen LogP contribution in [0.25, 0.3) is 11.3 Å². The Kier molecular flexibility index (Phi) is 3.64. The van der Waals surface area contributed by atoms with Crippen molar-refractivity contribution in [1.29, 1.82) is 0 Å². The Morgan fingerprint density at radius 3 is 2.85 bits per heavy atom. The van der Waals surface area contributed by atoms with Crippen LogP contribution in [-0.2, 0) is 0 Å². The third-order valence-corrected chi connectivity index (χ3v) is 3.37. The highest BCUT2D eigenvalue weighted by Crippen LogP contribution is 2.27. The Labute approximate surface area is 129 Å². The molecule has 0 bridgehead atoms. The van der Waals surface area contributed by atoms with Crippen LogP contribution in [0.4, 0.5) is 0 Å². The smallest absolute Gasteiger partial charge is 0.148 e. The maximum atomic E-state index is 5.87. The van der Waals surface area contributed by atoms with Gasteiger partial charge < -0.3 is 4.74 Å². The van der Waals surface area contributed by atoms with E-state index >= 15 is 0 Å². The predicted molar refractivity (Wildman–Crippen MR) is 83.6 cm³/mol. The van der Waals surface area contributed by atoms with Crippen LogP contribution in [0.5, 0.6) is 11.5 Å². The van der Waals surface area contributed by atoms with Crippen molar-refractivity contribution in [3.8, 4) is 22.8 Å². The van der Waals surface area contributed by atoms with Crippen molar-refractivity contribution in [2.24, 2.45) is 0 Å². The lowest BCUT2D eigenvalue weighted by molar-refractivity contribution is 0.475. The van der Waals surface area contributed by atoms with E-state index < -0.39 is 0 Å². The highest BCUT2D eigenvalue weighted by Gasteiger charge is 2.06. The van der Waals surface area contributed by atoms with E-state index in [0.717, 1.165) is 32.0 Å². The summed E-state index contributed by atoms with van der Waals surface area (Å²) in [6.07, 6.45) is 6.97. The highest BCUT2D eigenvalue weighted by atomic mass is 127. The molecule has 0 atom stereocenters. The minimum atomic E-state index is 0.724. The molecule has 3 heterocycles. The van der Waals surface area contributed by atoms with Gasteiger partial charge >= 0.3 is 0 Å². The Bertz CT molecular complexity index is 728. The lowest BCUT2D eigenvalue weighted by atomic mass is 10.2. The zero-order chi connectivity index (χ0) is 13.9. The average Bonchev–Trinajstić information content (AvgIpc) is 2.96. The molecule has 0 radical (unpaired) electrons. The molecule has 0 aliphatic heterocycles. The standard InChI is InChI=1S/C14H11IN4O/c1-9-4-14(15)17-8-13(9)20-11-2-3-16-12(5-11)10-6-18-19-7-10/h2-8H,1H3,(H,18,19). The highest BCUT2D eigenvalue weighted by molar-refractivity contribution is 14.1. The SMILES string of the molecule is Cc1cc(I)ncc1Oc1ccnc(-c2cn[nH]c2)c1. The summed E-state index contributed by atoms with van der Waals surface area (Å²) in [6, 6.07) is 5.68. The molecule has 100 valence electrons. The van der Waals surface area contributed by atoms with E-state index in [4.69, 9.17) is 4.74 Å². The molecule has 1 N–H and O–H groups in total. The van der Waals surface area contributed by atoms with Gasteiger partial charge in [0.15, 0.2) is 0 Å². The van der Waals surface area contributed by atoms with E-state index in [1.807, 2.05) is 25.1 Å². The molecule has 0 aromatic carbocycles. The van der Waals surface area contributed by atoms with Crippen LogP contribution in [0.15, 0.2) is 43.0 Å². The Hall–Kier alpha value is -1.96. The zero-order valence-electron chi connectivity index (χ0n) is 10.7. The molecule has 5 nitrogen and oxygen atoms in total. The molecule has 0 spiro atoms. The molecule has 20 heavy (non-hydrogen) atoms. The van der Waals surface area contributed by atoms with E-state index in [9.17, 15) is 0 Å². The van der Waals surface area contributed by atoms with Gasteiger partial charge in [-0.2, -0.15) is 5.10 Å². The first kappa shape index (κ1) is 13.0. The summed E-state index contributed by atoms with van der Waals surface area (Å²) in [5.41, 5.74) is 2.78. The fourth-order valence-electron chi connectivity index (χ4n) is 1.77. The van der Waals surface area contributed by atoms with E-state index in [-0.39, 0.29) is 0 Å². The number of hydrogen-bond donors (Lipinski definition) is 1. The van der Waals surface area contributed by atoms with Crippen LogP contribution in [-0.4, -0.2) is 20.2 Å². The summed E-state index contributed by atoms with van der Waals surface area (Å²) in [7, 11) is 0. The van der Waals surface area contributed by atoms with Crippen molar-refractivity contribution < 1.29 is 4.74 Å². The molecular formula is C14H11IN4O. The molecule has 0 aliphatic carbocycles. The topological polar surface area (TPSA) is 63.7 Å². The second-order valence-corrected chi connectivity index (χ2v) is 5.34. The Morgan fingerprint density at radius 1 is 1.20 bits per heavy atom. The van der Waals surface area contributed by atoms with Gasteiger partial charge in [-0.1, -0.05) is 0 Å². The molecule has 0 aliphatic rings. The first-order valence-corrected chi connectivity index (χ1v) is 7.05. The number of rotatable bonds is 3. The van der Waals surface area contributed by atoms with Crippen molar-refractivity contribution in [3.05, 3.63) is 52.3 Å². The number of nitrogens with zero attached hydrogens (tertiary/aromatic N) is 3. The van der Waals surface area contributed by atoms with E-state index in [1.54, 1.807) is 24.8 Å². The van der Waals surface area contributed by atoms with Crippen LogP contribution in [0.2, 0.25) is 0 Å². The van der Waals surface area contributed by atoms with Gasteiger partial charge in [0.2, 0.25) is 0 Å². The van der Waals surface area contributed by atoms with Crippen molar-refractivity contribution >= 4 is 22.6 Å². The molecule has 0 amide bonds. The Balaban J connectivity index is 1.89. The largest absolute Gasteiger partial charge is 0.455 e. The first-order chi connectivity index (χ1) is 9.72. The number of ether oxygens (including phenoxy) is 1. The monoisotopic (exact) mass is 378 g/mol. The minimum Gasteiger partial charge on any atom is -0.455 e. The van der Waals surface area contributed by atoms with Gasteiger partial charge in [-0.15, -0.1) is 0 Å². The third kappa shape index (κ3) is 2.79. The molecule has 3 aromatic rings. The fourth-order valence-corrected chi connectivity index (χ4v) is 2.37. The van der Waals surface area contributed by atoms with Crippen LogP contribution in [0.3, 0.4) is 0 Å². The average molecular weight is 378 g/mol. The molecule has 0 unspecified atom stereocenters. The van der Waals surface area contributed by atoms with Gasteiger partial charge in [0.1, 0.15) is 15.2 Å². The van der Waals surface area contributed by atoms with Gasteiger partial charge in [-0.05, 0) is 47.2 Å². The molecule has 3 aromatic heterocycles.